The van der Waals surface area contributed by atoms with E-state index in [-0.39, 0.29) is 31.9 Å². The SMILES string of the molecule is CCOC(=O)CNC(=O)CNC(=O)[C@H](Cc1ccc(O)cc1)NC(=O)CNC(=O)OCc1ccccc1. The molecule has 0 radical (unpaired) electrons. The van der Waals surface area contributed by atoms with Crippen molar-refractivity contribution in [3.8, 4) is 5.75 Å². The van der Waals surface area contributed by atoms with Gasteiger partial charge in [-0.15, -0.1) is 0 Å². The number of esters is 1. The van der Waals surface area contributed by atoms with E-state index in [9.17, 15) is 29.1 Å². The molecule has 0 saturated heterocycles. The lowest BCUT2D eigenvalue weighted by Gasteiger charge is -2.19. The molecule has 0 fully saturated rings. The van der Waals surface area contributed by atoms with Crippen LogP contribution in [0.15, 0.2) is 54.6 Å². The molecule has 12 heteroatoms. The predicted molar refractivity (Wildman–Crippen MR) is 131 cm³/mol. The quantitative estimate of drug-likeness (QED) is 0.235. The highest BCUT2D eigenvalue weighted by molar-refractivity contribution is 5.92. The first-order chi connectivity index (χ1) is 17.8. The van der Waals surface area contributed by atoms with Crippen molar-refractivity contribution >= 4 is 29.8 Å². The van der Waals surface area contributed by atoms with Gasteiger partial charge in [0, 0.05) is 6.42 Å². The van der Waals surface area contributed by atoms with Gasteiger partial charge in [-0.25, -0.2) is 4.79 Å². The summed E-state index contributed by atoms with van der Waals surface area (Å²) in [6, 6.07) is 13.9. The largest absolute Gasteiger partial charge is 0.508 e. The Bertz CT molecular complexity index is 1060. The Morgan fingerprint density at radius 3 is 2.14 bits per heavy atom. The van der Waals surface area contributed by atoms with E-state index in [0.717, 1.165) is 5.56 Å². The molecule has 37 heavy (non-hydrogen) atoms. The molecule has 0 saturated carbocycles. The van der Waals surface area contributed by atoms with E-state index in [0.29, 0.717) is 5.56 Å². The van der Waals surface area contributed by atoms with Crippen LogP contribution in [0, 0.1) is 0 Å². The van der Waals surface area contributed by atoms with Crippen molar-refractivity contribution in [1.29, 1.82) is 0 Å². The van der Waals surface area contributed by atoms with Gasteiger partial charge in [-0.2, -0.15) is 0 Å². The zero-order valence-electron chi connectivity index (χ0n) is 20.3. The van der Waals surface area contributed by atoms with Crippen molar-refractivity contribution in [2.24, 2.45) is 0 Å². The van der Waals surface area contributed by atoms with Crippen LogP contribution in [0.1, 0.15) is 18.1 Å². The smallest absolute Gasteiger partial charge is 0.407 e. The van der Waals surface area contributed by atoms with Crippen LogP contribution in [0.4, 0.5) is 4.79 Å². The molecule has 0 bridgehead atoms. The second-order valence-corrected chi connectivity index (χ2v) is 7.71. The highest BCUT2D eigenvalue weighted by atomic mass is 16.5. The van der Waals surface area contributed by atoms with Crippen LogP contribution >= 0.6 is 0 Å². The molecule has 0 aliphatic heterocycles. The maximum absolute atomic E-state index is 12.7. The van der Waals surface area contributed by atoms with Gasteiger partial charge in [0.2, 0.25) is 17.7 Å². The number of rotatable bonds is 13. The van der Waals surface area contributed by atoms with Crippen LogP contribution in [-0.4, -0.2) is 67.2 Å². The zero-order valence-corrected chi connectivity index (χ0v) is 20.3. The lowest BCUT2D eigenvalue weighted by atomic mass is 10.0. The lowest BCUT2D eigenvalue weighted by Crippen LogP contribution is -2.52. The monoisotopic (exact) mass is 514 g/mol. The third kappa shape index (κ3) is 11.6. The Kier molecular flexibility index (Phi) is 11.9. The Balaban J connectivity index is 1.88. The van der Waals surface area contributed by atoms with Gasteiger partial charge in [-0.05, 0) is 30.2 Å². The summed E-state index contributed by atoms with van der Waals surface area (Å²) in [5.41, 5.74) is 1.40. The summed E-state index contributed by atoms with van der Waals surface area (Å²) in [6.45, 7) is 0.591. The van der Waals surface area contributed by atoms with Gasteiger partial charge in [0.05, 0.1) is 13.2 Å². The maximum Gasteiger partial charge on any atom is 0.407 e. The third-order valence-electron chi connectivity index (χ3n) is 4.79. The fourth-order valence-corrected chi connectivity index (χ4v) is 2.98. The average molecular weight is 515 g/mol. The number of aromatic hydroxyl groups is 1. The van der Waals surface area contributed by atoms with Gasteiger partial charge in [0.25, 0.3) is 0 Å². The van der Waals surface area contributed by atoms with E-state index in [2.05, 4.69) is 21.3 Å². The molecule has 0 aromatic heterocycles. The standard InChI is InChI=1S/C25H30N4O8/c1-2-36-23(33)15-26-21(31)13-27-24(34)20(12-17-8-10-19(30)11-9-17)29-22(32)14-28-25(35)37-16-18-6-4-3-5-7-18/h3-11,20,30H,2,12-16H2,1H3,(H,26,31)(H,27,34)(H,28,35)(H,29,32)/t20-/m0/s1. The molecule has 4 amide bonds. The van der Waals surface area contributed by atoms with E-state index in [1.165, 1.54) is 12.1 Å². The number of ether oxygens (including phenoxy) is 2. The van der Waals surface area contributed by atoms with Crippen LogP contribution in [0.2, 0.25) is 0 Å². The van der Waals surface area contributed by atoms with Crippen LogP contribution in [0.5, 0.6) is 5.75 Å². The van der Waals surface area contributed by atoms with E-state index < -0.39 is 48.9 Å². The first kappa shape index (κ1) is 28.6. The van der Waals surface area contributed by atoms with Crippen molar-refractivity contribution in [2.75, 3.05) is 26.2 Å². The summed E-state index contributed by atoms with van der Waals surface area (Å²) in [5.74, 6) is -2.54. The first-order valence-corrected chi connectivity index (χ1v) is 11.5. The van der Waals surface area contributed by atoms with Gasteiger partial charge in [0.1, 0.15) is 31.5 Å². The minimum absolute atomic E-state index is 0.0262. The molecule has 0 aliphatic carbocycles. The van der Waals surface area contributed by atoms with Gasteiger partial charge < -0.3 is 35.8 Å². The summed E-state index contributed by atoms with van der Waals surface area (Å²) in [5, 5.41) is 19.0. The van der Waals surface area contributed by atoms with Crippen molar-refractivity contribution in [3.05, 3.63) is 65.7 Å². The normalized spacial score (nSPS) is 10.9. The molecule has 198 valence electrons. The number of amides is 4. The Morgan fingerprint density at radius 2 is 1.46 bits per heavy atom. The first-order valence-electron chi connectivity index (χ1n) is 11.5. The zero-order chi connectivity index (χ0) is 27.0. The van der Waals surface area contributed by atoms with Crippen molar-refractivity contribution in [2.45, 2.75) is 26.0 Å². The van der Waals surface area contributed by atoms with Crippen LogP contribution in [-0.2, 0) is 41.7 Å². The fraction of sp³-hybridized carbons (Fsp3) is 0.320. The number of phenols is 1. The Morgan fingerprint density at radius 1 is 0.784 bits per heavy atom. The molecule has 0 heterocycles. The number of hydrogen-bond acceptors (Lipinski definition) is 8. The van der Waals surface area contributed by atoms with Crippen molar-refractivity contribution < 1.29 is 38.6 Å². The summed E-state index contributed by atoms with van der Waals surface area (Å²) < 4.78 is 9.75. The Labute approximate surface area is 213 Å². The average Bonchev–Trinajstić information content (AvgIpc) is 2.89. The highest BCUT2D eigenvalue weighted by Crippen LogP contribution is 2.11. The van der Waals surface area contributed by atoms with Gasteiger partial charge in [0.15, 0.2) is 0 Å². The molecule has 2 aromatic rings. The topological polar surface area (TPSA) is 172 Å². The van der Waals surface area contributed by atoms with E-state index in [4.69, 9.17) is 9.47 Å². The molecule has 2 rings (SSSR count). The lowest BCUT2D eigenvalue weighted by molar-refractivity contribution is -0.143. The molecular weight excluding hydrogens is 484 g/mol. The number of nitrogens with one attached hydrogen (secondary N) is 4. The number of hydrogen-bond donors (Lipinski definition) is 5. The molecule has 2 aromatic carbocycles. The van der Waals surface area contributed by atoms with E-state index in [1.54, 1.807) is 43.3 Å². The van der Waals surface area contributed by atoms with Gasteiger partial charge in [-0.3, -0.25) is 19.2 Å². The minimum Gasteiger partial charge on any atom is -0.508 e. The fourth-order valence-electron chi connectivity index (χ4n) is 2.98. The van der Waals surface area contributed by atoms with Crippen LogP contribution in [0.25, 0.3) is 0 Å². The molecule has 1 atom stereocenters. The summed E-state index contributed by atoms with van der Waals surface area (Å²) in [6.07, 6.45) is -0.766. The number of carbonyl (C=O) groups is 5. The van der Waals surface area contributed by atoms with Crippen molar-refractivity contribution in [3.63, 3.8) is 0 Å². The van der Waals surface area contributed by atoms with E-state index in [1.807, 2.05) is 6.07 Å². The number of carbonyl (C=O) groups excluding carboxylic acids is 5. The van der Waals surface area contributed by atoms with Crippen LogP contribution < -0.4 is 21.3 Å². The molecule has 5 N–H and O–H groups in total. The summed E-state index contributed by atoms with van der Waals surface area (Å²) in [4.78, 5) is 60.3. The summed E-state index contributed by atoms with van der Waals surface area (Å²) >= 11 is 0. The summed E-state index contributed by atoms with van der Waals surface area (Å²) in [7, 11) is 0. The molecule has 12 nitrogen and oxygen atoms in total. The third-order valence-corrected chi connectivity index (χ3v) is 4.79. The number of alkyl carbamates (subject to hydrolysis) is 1. The predicted octanol–water partition coefficient (Wildman–Crippen LogP) is 0.141. The minimum atomic E-state index is -1.10. The molecular formula is C25H30N4O8. The maximum atomic E-state index is 12.7. The molecule has 0 spiro atoms. The van der Waals surface area contributed by atoms with E-state index >= 15 is 0 Å². The molecule has 0 unspecified atom stereocenters. The number of benzene rings is 2. The Hall–Kier alpha value is -4.61. The molecule has 0 aliphatic rings. The van der Waals surface area contributed by atoms with Crippen molar-refractivity contribution in [1.82, 2.24) is 21.3 Å². The van der Waals surface area contributed by atoms with Gasteiger partial charge >= 0.3 is 12.1 Å². The second-order valence-electron chi connectivity index (χ2n) is 7.71. The highest BCUT2D eigenvalue weighted by Gasteiger charge is 2.22. The number of phenolic OH excluding ortho intramolecular Hbond substituents is 1. The van der Waals surface area contributed by atoms with Gasteiger partial charge in [-0.1, -0.05) is 42.5 Å². The second kappa shape index (κ2) is 15.4. The van der Waals surface area contributed by atoms with Crippen LogP contribution in [0.3, 0.4) is 0 Å².